The van der Waals surface area contributed by atoms with Gasteiger partial charge in [-0.3, -0.25) is 9.78 Å². The lowest BCUT2D eigenvalue weighted by molar-refractivity contribution is -0.134. The number of nitrogens with zero attached hydrogens (tertiary/aromatic N) is 2. The SMILES string of the molecule is COCCN(Cc1ccccn1)C(=O)C1CCc2c(Cl)cccc21. The van der Waals surface area contributed by atoms with Crippen molar-refractivity contribution in [1.82, 2.24) is 9.88 Å². The van der Waals surface area contributed by atoms with Crippen LogP contribution in [0.5, 0.6) is 0 Å². The summed E-state index contributed by atoms with van der Waals surface area (Å²) in [7, 11) is 1.65. The normalized spacial score (nSPS) is 16.0. The van der Waals surface area contributed by atoms with Gasteiger partial charge >= 0.3 is 0 Å². The summed E-state index contributed by atoms with van der Waals surface area (Å²) in [4.78, 5) is 19.3. The highest BCUT2D eigenvalue weighted by atomic mass is 35.5. The van der Waals surface area contributed by atoms with Gasteiger partial charge in [-0.15, -0.1) is 0 Å². The van der Waals surface area contributed by atoms with Crippen molar-refractivity contribution in [2.24, 2.45) is 0 Å². The van der Waals surface area contributed by atoms with Crippen molar-refractivity contribution >= 4 is 17.5 Å². The van der Waals surface area contributed by atoms with Gasteiger partial charge in [0.15, 0.2) is 0 Å². The molecule has 1 heterocycles. The second-order valence-electron chi connectivity index (χ2n) is 5.97. The molecule has 0 N–H and O–H groups in total. The van der Waals surface area contributed by atoms with Gasteiger partial charge in [0.1, 0.15) is 0 Å². The largest absolute Gasteiger partial charge is 0.383 e. The van der Waals surface area contributed by atoms with Crippen molar-refractivity contribution in [1.29, 1.82) is 0 Å². The molecule has 5 heteroatoms. The van der Waals surface area contributed by atoms with E-state index in [1.54, 1.807) is 13.3 Å². The van der Waals surface area contributed by atoms with Crippen LogP contribution in [0.4, 0.5) is 0 Å². The van der Waals surface area contributed by atoms with Crippen LogP contribution in [0.1, 0.15) is 29.2 Å². The predicted octanol–water partition coefficient (Wildman–Crippen LogP) is 3.44. The Morgan fingerprint density at radius 1 is 1.33 bits per heavy atom. The topological polar surface area (TPSA) is 42.4 Å². The van der Waals surface area contributed by atoms with Gasteiger partial charge in [0.25, 0.3) is 0 Å². The minimum absolute atomic E-state index is 0.124. The first-order valence-corrected chi connectivity index (χ1v) is 8.53. The van der Waals surface area contributed by atoms with Crippen LogP contribution in [-0.2, 0) is 22.5 Å². The van der Waals surface area contributed by atoms with E-state index in [1.807, 2.05) is 41.3 Å². The van der Waals surface area contributed by atoms with E-state index in [-0.39, 0.29) is 11.8 Å². The summed E-state index contributed by atoms with van der Waals surface area (Å²) in [6.07, 6.45) is 3.41. The van der Waals surface area contributed by atoms with Crippen molar-refractivity contribution in [3.8, 4) is 0 Å². The number of hydrogen-bond acceptors (Lipinski definition) is 3. The molecule has 0 radical (unpaired) electrons. The molecular formula is C19H21ClN2O2. The van der Waals surface area contributed by atoms with E-state index in [0.717, 1.165) is 34.7 Å². The first kappa shape index (κ1) is 16.9. The minimum Gasteiger partial charge on any atom is -0.383 e. The third-order valence-electron chi connectivity index (χ3n) is 4.47. The molecular weight excluding hydrogens is 324 g/mol. The fraction of sp³-hybridized carbons (Fsp3) is 0.368. The summed E-state index contributed by atoms with van der Waals surface area (Å²) in [5, 5.41) is 0.760. The maximum atomic E-state index is 13.1. The second kappa shape index (κ2) is 7.77. The van der Waals surface area contributed by atoms with Gasteiger partial charge in [0.05, 0.1) is 24.8 Å². The number of benzene rings is 1. The van der Waals surface area contributed by atoms with Crippen LogP contribution in [0, 0.1) is 0 Å². The van der Waals surface area contributed by atoms with Crippen LogP contribution in [0.25, 0.3) is 0 Å². The molecule has 1 aromatic carbocycles. The molecule has 0 fully saturated rings. The van der Waals surface area contributed by atoms with Gasteiger partial charge in [-0.2, -0.15) is 0 Å². The van der Waals surface area contributed by atoms with E-state index >= 15 is 0 Å². The number of carbonyl (C=O) groups is 1. The van der Waals surface area contributed by atoms with E-state index in [9.17, 15) is 4.79 Å². The Kier molecular flexibility index (Phi) is 5.48. The molecule has 3 rings (SSSR count). The summed E-state index contributed by atoms with van der Waals surface area (Å²) < 4.78 is 5.18. The quantitative estimate of drug-likeness (QED) is 0.806. The summed E-state index contributed by atoms with van der Waals surface area (Å²) in [5.41, 5.74) is 3.06. The van der Waals surface area contributed by atoms with Crippen molar-refractivity contribution in [3.05, 3.63) is 64.4 Å². The average Bonchev–Trinajstić information content (AvgIpc) is 3.04. The second-order valence-corrected chi connectivity index (χ2v) is 6.38. The Bertz CT molecular complexity index is 706. The molecule has 0 saturated carbocycles. The maximum Gasteiger partial charge on any atom is 0.230 e. The van der Waals surface area contributed by atoms with Crippen LogP contribution in [0.2, 0.25) is 5.02 Å². The molecule has 0 bridgehead atoms. The average molecular weight is 345 g/mol. The van der Waals surface area contributed by atoms with Crippen molar-refractivity contribution in [2.45, 2.75) is 25.3 Å². The van der Waals surface area contributed by atoms with Gasteiger partial charge < -0.3 is 9.64 Å². The Balaban J connectivity index is 1.81. The van der Waals surface area contributed by atoms with Crippen LogP contribution in [0.3, 0.4) is 0 Å². The van der Waals surface area contributed by atoms with Crippen LogP contribution in [-0.4, -0.2) is 36.1 Å². The maximum absolute atomic E-state index is 13.1. The zero-order valence-corrected chi connectivity index (χ0v) is 14.5. The number of fused-ring (bicyclic) bond motifs is 1. The molecule has 1 aliphatic carbocycles. The van der Waals surface area contributed by atoms with Gasteiger partial charge in [-0.25, -0.2) is 0 Å². The first-order valence-electron chi connectivity index (χ1n) is 8.15. The van der Waals surface area contributed by atoms with Gasteiger partial charge in [0.2, 0.25) is 5.91 Å². The fourth-order valence-electron chi connectivity index (χ4n) is 3.24. The van der Waals surface area contributed by atoms with E-state index < -0.39 is 0 Å². The molecule has 1 atom stereocenters. The molecule has 4 nitrogen and oxygen atoms in total. The monoisotopic (exact) mass is 344 g/mol. The number of aromatic nitrogens is 1. The van der Waals surface area contributed by atoms with Crippen molar-refractivity contribution < 1.29 is 9.53 Å². The number of rotatable bonds is 6. The zero-order valence-electron chi connectivity index (χ0n) is 13.7. The summed E-state index contributed by atoms with van der Waals surface area (Å²) in [5.74, 6) is -0.00186. The number of ether oxygens (including phenoxy) is 1. The highest BCUT2D eigenvalue weighted by Crippen LogP contribution is 2.38. The van der Waals surface area contributed by atoms with E-state index in [2.05, 4.69) is 4.98 Å². The molecule has 0 saturated heterocycles. The minimum atomic E-state index is -0.126. The number of amides is 1. The Morgan fingerprint density at radius 2 is 2.21 bits per heavy atom. The molecule has 1 amide bonds. The number of carbonyl (C=O) groups excluding carboxylic acids is 1. The fourth-order valence-corrected chi connectivity index (χ4v) is 3.52. The van der Waals surface area contributed by atoms with Crippen molar-refractivity contribution in [2.75, 3.05) is 20.3 Å². The Hall–Kier alpha value is -1.91. The summed E-state index contributed by atoms with van der Waals surface area (Å²) in [6.45, 7) is 1.56. The van der Waals surface area contributed by atoms with Gasteiger partial charge in [0, 0.05) is 24.9 Å². The first-order chi connectivity index (χ1) is 11.7. The smallest absolute Gasteiger partial charge is 0.230 e. The molecule has 0 aliphatic heterocycles. The number of halogens is 1. The third kappa shape index (κ3) is 3.60. The number of pyridine rings is 1. The number of methoxy groups -OCH3 is 1. The Labute approximate surface area is 147 Å². The lowest BCUT2D eigenvalue weighted by Crippen LogP contribution is -2.36. The molecule has 126 valence electrons. The molecule has 24 heavy (non-hydrogen) atoms. The highest BCUT2D eigenvalue weighted by molar-refractivity contribution is 6.31. The summed E-state index contributed by atoms with van der Waals surface area (Å²) in [6, 6.07) is 11.6. The van der Waals surface area contributed by atoms with Crippen LogP contribution in [0.15, 0.2) is 42.6 Å². The lowest BCUT2D eigenvalue weighted by atomic mass is 9.99. The molecule has 1 unspecified atom stereocenters. The summed E-state index contributed by atoms with van der Waals surface area (Å²) >= 11 is 6.28. The van der Waals surface area contributed by atoms with Crippen LogP contribution >= 0.6 is 11.6 Å². The molecule has 1 aromatic heterocycles. The van der Waals surface area contributed by atoms with E-state index in [4.69, 9.17) is 16.3 Å². The zero-order chi connectivity index (χ0) is 16.9. The Morgan fingerprint density at radius 3 is 2.96 bits per heavy atom. The third-order valence-corrected chi connectivity index (χ3v) is 4.82. The molecule has 0 spiro atoms. The molecule has 1 aliphatic rings. The molecule has 2 aromatic rings. The van der Waals surface area contributed by atoms with Gasteiger partial charge in [-0.05, 0) is 42.2 Å². The van der Waals surface area contributed by atoms with E-state index in [0.29, 0.717) is 19.7 Å². The predicted molar refractivity (Wildman–Crippen MR) is 94.0 cm³/mol. The highest BCUT2D eigenvalue weighted by Gasteiger charge is 2.32. The van der Waals surface area contributed by atoms with Crippen LogP contribution < -0.4 is 0 Å². The van der Waals surface area contributed by atoms with E-state index in [1.165, 1.54) is 0 Å². The number of hydrogen-bond donors (Lipinski definition) is 0. The standard InChI is InChI=1S/C19H21ClN2O2/c1-24-12-11-22(13-14-5-2-3-10-21-14)19(23)17-9-8-16-15(17)6-4-7-18(16)20/h2-7,10,17H,8-9,11-13H2,1H3. The van der Waals surface area contributed by atoms with Gasteiger partial charge in [-0.1, -0.05) is 29.8 Å². The lowest BCUT2D eigenvalue weighted by Gasteiger charge is -2.25. The van der Waals surface area contributed by atoms with Crippen molar-refractivity contribution in [3.63, 3.8) is 0 Å².